The number of sulfonamides is 1. The molecule has 1 aromatic carbocycles. The first kappa shape index (κ1) is 16.9. The van der Waals surface area contributed by atoms with Crippen molar-refractivity contribution in [3.05, 3.63) is 28.5 Å². The van der Waals surface area contributed by atoms with E-state index in [4.69, 9.17) is 16.7 Å². The largest absolute Gasteiger partial charge is 0.341 e. The molecule has 0 atom stereocenters. The lowest BCUT2D eigenvalue weighted by Crippen LogP contribution is -2.30. The van der Waals surface area contributed by atoms with Crippen molar-refractivity contribution < 1.29 is 17.6 Å². The molecule has 0 fully saturated rings. The minimum absolute atomic E-state index is 0.0970. The standard InChI is InChI=1S/C12H16ClFN2O3S/c1-7(2)6-16(3)12(17)8-4-11(20(15,18)19)10(14)5-9(8)13/h4-5,7H,6H2,1-3H3,(H2,15,18,19). The van der Waals surface area contributed by atoms with Crippen molar-refractivity contribution in [2.45, 2.75) is 18.7 Å². The number of primary sulfonamides is 1. The zero-order valence-electron chi connectivity index (χ0n) is 11.4. The van der Waals surface area contributed by atoms with Gasteiger partial charge < -0.3 is 4.90 Å². The molecule has 0 aliphatic carbocycles. The van der Waals surface area contributed by atoms with Crippen LogP contribution in [0.15, 0.2) is 17.0 Å². The van der Waals surface area contributed by atoms with Gasteiger partial charge in [-0.2, -0.15) is 0 Å². The molecule has 0 aliphatic rings. The van der Waals surface area contributed by atoms with Crippen LogP contribution in [0.1, 0.15) is 24.2 Å². The summed E-state index contributed by atoms with van der Waals surface area (Å²) >= 11 is 5.80. The maximum atomic E-state index is 13.5. The number of amides is 1. The minimum atomic E-state index is -4.26. The van der Waals surface area contributed by atoms with E-state index >= 15 is 0 Å². The second-order valence-corrected chi connectivity index (χ2v) is 6.82. The van der Waals surface area contributed by atoms with Crippen LogP contribution >= 0.6 is 11.6 Å². The van der Waals surface area contributed by atoms with Gasteiger partial charge in [0, 0.05) is 13.6 Å². The third-order valence-electron chi connectivity index (χ3n) is 2.54. The molecule has 8 heteroatoms. The first-order chi connectivity index (χ1) is 9.04. The van der Waals surface area contributed by atoms with Crippen LogP contribution in [0.25, 0.3) is 0 Å². The van der Waals surface area contributed by atoms with Crippen LogP contribution < -0.4 is 5.14 Å². The molecule has 0 saturated carbocycles. The number of benzene rings is 1. The number of nitrogens with two attached hydrogens (primary N) is 1. The first-order valence-corrected chi connectivity index (χ1v) is 7.73. The molecule has 0 bridgehead atoms. The van der Waals surface area contributed by atoms with E-state index in [2.05, 4.69) is 0 Å². The van der Waals surface area contributed by atoms with Crippen molar-refractivity contribution in [1.82, 2.24) is 4.90 Å². The molecule has 1 amide bonds. The van der Waals surface area contributed by atoms with Crippen LogP contribution in [0.3, 0.4) is 0 Å². The Bertz CT molecular complexity index is 632. The summed E-state index contributed by atoms with van der Waals surface area (Å²) in [5.74, 6) is -1.35. The molecule has 20 heavy (non-hydrogen) atoms. The summed E-state index contributed by atoms with van der Waals surface area (Å²) in [5.41, 5.74) is -0.0970. The van der Waals surface area contributed by atoms with Gasteiger partial charge in [-0.25, -0.2) is 17.9 Å². The van der Waals surface area contributed by atoms with Crippen LogP contribution in [-0.2, 0) is 10.0 Å². The zero-order valence-corrected chi connectivity index (χ0v) is 12.9. The van der Waals surface area contributed by atoms with Crippen LogP contribution in [-0.4, -0.2) is 32.8 Å². The Hall–Kier alpha value is -1.18. The predicted octanol–water partition coefficient (Wildman–Crippen LogP) is 1.85. The summed E-state index contributed by atoms with van der Waals surface area (Å²) < 4.78 is 36.0. The monoisotopic (exact) mass is 322 g/mol. The lowest BCUT2D eigenvalue weighted by atomic mass is 10.1. The van der Waals surface area contributed by atoms with Gasteiger partial charge in [0.25, 0.3) is 5.91 Å². The minimum Gasteiger partial charge on any atom is -0.341 e. The van der Waals surface area contributed by atoms with Crippen LogP contribution in [0.4, 0.5) is 4.39 Å². The second kappa shape index (κ2) is 6.07. The Morgan fingerprint density at radius 2 is 2.00 bits per heavy atom. The number of carbonyl (C=O) groups excluding carboxylic acids is 1. The molecule has 5 nitrogen and oxygen atoms in total. The SMILES string of the molecule is CC(C)CN(C)C(=O)c1cc(S(N)(=O)=O)c(F)cc1Cl. The maximum absolute atomic E-state index is 13.5. The van der Waals surface area contributed by atoms with Crippen LogP contribution in [0, 0.1) is 11.7 Å². The molecule has 0 radical (unpaired) electrons. The van der Waals surface area contributed by atoms with E-state index in [1.165, 1.54) is 4.90 Å². The topological polar surface area (TPSA) is 80.5 Å². The highest BCUT2D eigenvalue weighted by atomic mass is 35.5. The smallest absolute Gasteiger partial charge is 0.255 e. The number of carbonyl (C=O) groups is 1. The van der Waals surface area contributed by atoms with Gasteiger partial charge >= 0.3 is 0 Å². The highest BCUT2D eigenvalue weighted by molar-refractivity contribution is 7.89. The Balaban J connectivity index is 3.29. The first-order valence-electron chi connectivity index (χ1n) is 5.81. The molecule has 2 N–H and O–H groups in total. The fraction of sp³-hybridized carbons (Fsp3) is 0.417. The molecule has 1 aromatic rings. The van der Waals surface area contributed by atoms with Gasteiger partial charge in [-0.1, -0.05) is 25.4 Å². The van der Waals surface area contributed by atoms with Gasteiger partial charge in [-0.15, -0.1) is 0 Å². The molecule has 0 spiro atoms. The molecular weight excluding hydrogens is 307 g/mol. The van der Waals surface area contributed by atoms with E-state index in [1.54, 1.807) is 7.05 Å². The third kappa shape index (κ3) is 3.91. The van der Waals surface area contributed by atoms with Gasteiger partial charge in [0.15, 0.2) is 0 Å². The van der Waals surface area contributed by atoms with E-state index < -0.39 is 26.6 Å². The van der Waals surface area contributed by atoms with Crippen LogP contribution in [0.2, 0.25) is 5.02 Å². The molecule has 112 valence electrons. The quantitative estimate of drug-likeness (QED) is 0.918. The number of rotatable bonds is 4. The van der Waals surface area contributed by atoms with Crippen molar-refractivity contribution >= 4 is 27.5 Å². The summed E-state index contributed by atoms with van der Waals surface area (Å²) in [6.45, 7) is 4.30. The molecule has 0 aromatic heterocycles. The molecule has 0 unspecified atom stereocenters. The van der Waals surface area contributed by atoms with Crippen molar-refractivity contribution in [2.24, 2.45) is 11.1 Å². The van der Waals surface area contributed by atoms with E-state index in [-0.39, 0.29) is 16.5 Å². The molecule has 1 rings (SSSR count). The summed E-state index contributed by atoms with van der Waals surface area (Å²) in [7, 11) is -2.71. The van der Waals surface area contributed by atoms with Gasteiger partial charge in [0.05, 0.1) is 10.6 Å². The number of halogens is 2. The van der Waals surface area contributed by atoms with Crippen molar-refractivity contribution in [3.63, 3.8) is 0 Å². The Labute approximate surface area is 122 Å². The summed E-state index contributed by atoms with van der Waals surface area (Å²) in [5, 5.41) is 4.74. The fourth-order valence-corrected chi connectivity index (χ4v) is 2.59. The van der Waals surface area contributed by atoms with E-state index in [9.17, 15) is 17.6 Å². The summed E-state index contributed by atoms with van der Waals surface area (Å²) in [4.78, 5) is 12.8. The van der Waals surface area contributed by atoms with Crippen molar-refractivity contribution in [3.8, 4) is 0 Å². The Morgan fingerprint density at radius 1 is 1.45 bits per heavy atom. The van der Waals surface area contributed by atoms with Gasteiger partial charge in [-0.05, 0) is 18.1 Å². The highest BCUT2D eigenvalue weighted by Crippen LogP contribution is 2.24. The number of hydrogen-bond donors (Lipinski definition) is 1. The molecule has 0 aliphatic heterocycles. The number of nitrogens with zero attached hydrogens (tertiary/aromatic N) is 1. The maximum Gasteiger partial charge on any atom is 0.255 e. The van der Waals surface area contributed by atoms with Crippen LogP contribution in [0.5, 0.6) is 0 Å². The van der Waals surface area contributed by atoms with E-state index in [0.717, 1.165) is 12.1 Å². The second-order valence-electron chi connectivity index (χ2n) is 4.89. The van der Waals surface area contributed by atoms with Crippen molar-refractivity contribution in [2.75, 3.05) is 13.6 Å². The predicted molar refractivity (Wildman–Crippen MR) is 74.6 cm³/mol. The lowest BCUT2D eigenvalue weighted by molar-refractivity contribution is 0.0779. The molecule has 0 heterocycles. The van der Waals surface area contributed by atoms with E-state index in [0.29, 0.717) is 6.54 Å². The summed E-state index contributed by atoms with van der Waals surface area (Å²) in [6.07, 6.45) is 0. The van der Waals surface area contributed by atoms with Crippen molar-refractivity contribution in [1.29, 1.82) is 0 Å². The zero-order chi connectivity index (χ0) is 15.7. The third-order valence-corrected chi connectivity index (χ3v) is 3.78. The van der Waals surface area contributed by atoms with Gasteiger partial charge in [0.2, 0.25) is 10.0 Å². The normalized spacial score (nSPS) is 11.8. The molecule has 0 saturated heterocycles. The Kier molecular flexibility index (Phi) is 5.12. The number of hydrogen-bond acceptors (Lipinski definition) is 3. The average Bonchev–Trinajstić information content (AvgIpc) is 2.25. The molecular formula is C12H16ClFN2O3S. The summed E-state index contributed by atoms with van der Waals surface area (Å²) in [6, 6.07) is 1.64. The highest BCUT2D eigenvalue weighted by Gasteiger charge is 2.22. The fourth-order valence-electron chi connectivity index (χ4n) is 1.75. The average molecular weight is 323 g/mol. The van der Waals surface area contributed by atoms with E-state index in [1.807, 2.05) is 13.8 Å². The lowest BCUT2D eigenvalue weighted by Gasteiger charge is -2.20. The van der Waals surface area contributed by atoms with Gasteiger partial charge in [-0.3, -0.25) is 4.79 Å². The van der Waals surface area contributed by atoms with Gasteiger partial charge in [0.1, 0.15) is 10.7 Å². The Morgan fingerprint density at radius 3 is 2.45 bits per heavy atom.